The van der Waals surface area contributed by atoms with Crippen LogP contribution in [0.1, 0.15) is 6.42 Å². The molecule has 0 unspecified atom stereocenters. The third-order valence-corrected chi connectivity index (χ3v) is 4.77. The summed E-state index contributed by atoms with van der Waals surface area (Å²) in [7, 11) is -5.84. The highest BCUT2D eigenvalue weighted by atomic mass is 32.2. The molecule has 2 N–H and O–H groups in total. The van der Waals surface area contributed by atoms with Crippen molar-refractivity contribution >= 4 is 22.6 Å². The first kappa shape index (κ1) is 14.4. The number of alkyl halides is 2. The Morgan fingerprint density at radius 1 is 1.32 bits per heavy atom. The number of sulfonamides is 1. The van der Waals surface area contributed by atoms with Crippen LogP contribution in [0.5, 0.6) is 0 Å². The van der Waals surface area contributed by atoms with Gasteiger partial charge in [0.15, 0.2) is 0 Å². The van der Waals surface area contributed by atoms with Gasteiger partial charge in [0.05, 0.1) is 11.4 Å². The van der Waals surface area contributed by atoms with Gasteiger partial charge in [-0.2, -0.15) is 4.31 Å². The quantitative estimate of drug-likeness (QED) is 0.729. The van der Waals surface area contributed by atoms with Crippen LogP contribution in [0.3, 0.4) is 0 Å². The van der Waals surface area contributed by atoms with Gasteiger partial charge in [-0.05, 0) is 17.6 Å². The molecule has 1 aromatic rings. The summed E-state index contributed by atoms with van der Waals surface area (Å²) in [6.45, 7) is -1.09. The van der Waals surface area contributed by atoms with E-state index in [1.54, 1.807) is 0 Å². The van der Waals surface area contributed by atoms with E-state index < -0.39 is 36.0 Å². The number of halogens is 2. The second-order valence-corrected chi connectivity index (χ2v) is 6.33. The molecule has 0 aliphatic carbocycles. The number of nitrogens with zero attached hydrogens (tertiary/aromatic N) is 1. The maximum absolute atomic E-state index is 13.1. The van der Waals surface area contributed by atoms with Crippen molar-refractivity contribution in [3.63, 3.8) is 0 Å². The molecule has 0 amide bonds. The topological polar surface area (TPSA) is 77.8 Å². The molecule has 0 bridgehead atoms. The van der Waals surface area contributed by atoms with Gasteiger partial charge in [0.1, 0.15) is 0 Å². The monoisotopic (exact) mass is 291 g/mol. The second kappa shape index (κ2) is 4.82. The van der Waals surface area contributed by atoms with Crippen LogP contribution in [-0.2, 0) is 10.0 Å². The number of rotatable bonds is 3. The van der Waals surface area contributed by atoms with Crippen LogP contribution >= 0.6 is 0 Å². The molecule has 104 valence electrons. The molecule has 1 heterocycles. The first-order valence-electron chi connectivity index (χ1n) is 5.56. The third-order valence-electron chi connectivity index (χ3n) is 2.93. The summed E-state index contributed by atoms with van der Waals surface area (Å²) in [6, 6.07) is 4.96. The Hall–Kier alpha value is -1.03. The third kappa shape index (κ3) is 2.94. The minimum absolute atomic E-state index is 0.00738. The fourth-order valence-electron chi connectivity index (χ4n) is 1.89. The minimum atomic E-state index is -4.03. The van der Waals surface area contributed by atoms with Gasteiger partial charge in [-0.15, -0.1) is 0 Å². The van der Waals surface area contributed by atoms with Crippen LogP contribution in [0.4, 0.5) is 8.78 Å². The van der Waals surface area contributed by atoms with Crippen LogP contribution in [-0.4, -0.2) is 48.9 Å². The lowest BCUT2D eigenvalue weighted by Crippen LogP contribution is -2.34. The zero-order valence-electron chi connectivity index (χ0n) is 9.83. The Bertz CT molecular complexity index is 579. The molecule has 0 spiro atoms. The van der Waals surface area contributed by atoms with E-state index in [1.807, 2.05) is 0 Å². The molecular formula is C10H12BF2NO4S. The summed E-state index contributed by atoms with van der Waals surface area (Å²) < 4.78 is 51.1. The second-order valence-electron chi connectivity index (χ2n) is 4.39. The van der Waals surface area contributed by atoms with Crippen molar-refractivity contribution in [1.82, 2.24) is 4.31 Å². The van der Waals surface area contributed by atoms with E-state index in [-0.39, 0.29) is 16.9 Å². The van der Waals surface area contributed by atoms with Crippen LogP contribution in [0, 0.1) is 0 Å². The van der Waals surface area contributed by atoms with Crippen molar-refractivity contribution in [3.8, 4) is 0 Å². The van der Waals surface area contributed by atoms with E-state index in [1.165, 1.54) is 18.2 Å². The van der Waals surface area contributed by atoms with E-state index in [0.29, 0.717) is 4.31 Å². The summed E-state index contributed by atoms with van der Waals surface area (Å²) in [5, 5.41) is 18.0. The molecule has 0 atom stereocenters. The standard InChI is InChI=1S/C10H12BF2NO4S/c12-10(13)4-5-14(7-10)19(17,18)9-3-1-2-8(6-9)11(15)16/h1-3,6,15-16H,4-5,7H2. The van der Waals surface area contributed by atoms with E-state index in [2.05, 4.69) is 0 Å². The van der Waals surface area contributed by atoms with E-state index >= 15 is 0 Å². The highest BCUT2D eigenvalue weighted by Gasteiger charge is 2.43. The maximum Gasteiger partial charge on any atom is 0.488 e. The van der Waals surface area contributed by atoms with Gasteiger partial charge in [0.2, 0.25) is 10.0 Å². The van der Waals surface area contributed by atoms with E-state index in [0.717, 1.165) is 6.07 Å². The molecule has 2 rings (SSSR count). The molecule has 1 aromatic carbocycles. The van der Waals surface area contributed by atoms with Crippen molar-refractivity contribution in [3.05, 3.63) is 24.3 Å². The predicted molar refractivity (Wildman–Crippen MR) is 64.6 cm³/mol. The fourth-order valence-corrected chi connectivity index (χ4v) is 3.42. The van der Waals surface area contributed by atoms with Gasteiger partial charge in [-0.1, -0.05) is 12.1 Å². The maximum atomic E-state index is 13.1. The molecule has 1 aliphatic rings. The van der Waals surface area contributed by atoms with Crippen LogP contribution < -0.4 is 5.46 Å². The van der Waals surface area contributed by atoms with E-state index in [4.69, 9.17) is 10.0 Å². The summed E-state index contributed by atoms with van der Waals surface area (Å²) in [6.07, 6.45) is -0.505. The van der Waals surface area contributed by atoms with Gasteiger partial charge in [0.25, 0.3) is 5.92 Å². The molecule has 0 radical (unpaired) electrons. The minimum Gasteiger partial charge on any atom is -0.423 e. The smallest absolute Gasteiger partial charge is 0.423 e. The largest absolute Gasteiger partial charge is 0.488 e. The zero-order valence-corrected chi connectivity index (χ0v) is 10.6. The summed E-state index contributed by atoms with van der Waals surface area (Å²) >= 11 is 0. The lowest BCUT2D eigenvalue weighted by atomic mass is 9.80. The van der Waals surface area contributed by atoms with Crippen molar-refractivity contribution in [2.24, 2.45) is 0 Å². The molecule has 0 saturated carbocycles. The molecular weight excluding hydrogens is 279 g/mol. The van der Waals surface area contributed by atoms with Gasteiger partial charge in [-0.3, -0.25) is 0 Å². The zero-order chi connectivity index (χ0) is 14.3. The number of benzene rings is 1. The predicted octanol–water partition coefficient (Wildman–Crippen LogP) is -0.604. The number of hydrogen-bond donors (Lipinski definition) is 2. The van der Waals surface area contributed by atoms with Crippen molar-refractivity contribution < 1.29 is 27.2 Å². The van der Waals surface area contributed by atoms with Crippen LogP contribution in [0.15, 0.2) is 29.2 Å². The molecule has 9 heteroatoms. The average molecular weight is 291 g/mol. The first-order valence-corrected chi connectivity index (χ1v) is 7.00. The van der Waals surface area contributed by atoms with Gasteiger partial charge >= 0.3 is 7.12 Å². The summed E-state index contributed by atoms with van der Waals surface area (Å²) in [5.74, 6) is -3.01. The van der Waals surface area contributed by atoms with Gasteiger partial charge in [0, 0.05) is 13.0 Å². The lowest BCUT2D eigenvalue weighted by molar-refractivity contribution is 0.0183. The average Bonchev–Trinajstić information content (AvgIpc) is 2.70. The van der Waals surface area contributed by atoms with Crippen molar-refractivity contribution in [2.45, 2.75) is 17.2 Å². The SMILES string of the molecule is O=S(=O)(c1cccc(B(O)O)c1)N1CCC(F)(F)C1. The molecule has 0 aromatic heterocycles. The van der Waals surface area contributed by atoms with Crippen molar-refractivity contribution in [1.29, 1.82) is 0 Å². The molecule has 1 fully saturated rings. The van der Waals surface area contributed by atoms with Crippen molar-refractivity contribution in [2.75, 3.05) is 13.1 Å². The molecule has 19 heavy (non-hydrogen) atoms. The van der Waals surface area contributed by atoms with Crippen LogP contribution in [0.25, 0.3) is 0 Å². The Balaban J connectivity index is 2.33. The fraction of sp³-hybridized carbons (Fsp3) is 0.400. The molecule has 1 saturated heterocycles. The van der Waals surface area contributed by atoms with E-state index in [9.17, 15) is 17.2 Å². The summed E-state index contributed by atoms with van der Waals surface area (Å²) in [4.78, 5) is -0.226. The Morgan fingerprint density at radius 2 is 2.00 bits per heavy atom. The Kier molecular flexibility index (Phi) is 3.65. The Morgan fingerprint density at radius 3 is 2.53 bits per heavy atom. The molecule has 1 aliphatic heterocycles. The van der Waals surface area contributed by atoms with Gasteiger partial charge < -0.3 is 10.0 Å². The lowest BCUT2D eigenvalue weighted by Gasteiger charge is -2.16. The molecule has 5 nitrogen and oxygen atoms in total. The summed E-state index contributed by atoms with van der Waals surface area (Å²) in [5.41, 5.74) is -0.00738. The van der Waals surface area contributed by atoms with Gasteiger partial charge in [-0.25, -0.2) is 17.2 Å². The number of hydrogen-bond acceptors (Lipinski definition) is 4. The highest BCUT2D eigenvalue weighted by molar-refractivity contribution is 7.89. The normalized spacial score (nSPS) is 19.6. The van der Waals surface area contributed by atoms with Crippen LogP contribution in [0.2, 0.25) is 0 Å². The highest BCUT2D eigenvalue weighted by Crippen LogP contribution is 2.30. The Labute approximate surface area is 109 Å². The first-order chi connectivity index (χ1) is 8.72.